The maximum absolute atomic E-state index is 12.4. The summed E-state index contributed by atoms with van der Waals surface area (Å²) in [5.41, 5.74) is 0. The van der Waals surface area contributed by atoms with E-state index < -0.39 is 5.97 Å². The molecule has 0 spiro atoms. The Morgan fingerprint density at radius 1 is 1.05 bits per heavy atom. The number of carboxylic acids is 1. The van der Waals surface area contributed by atoms with Crippen molar-refractivity contribution in [2.24, 2.45) is 5.92 Å². The van der Waals surface area contributed by atoms with Crippen molar-refractivity contribution in [2.75, 3.05) is 53.6 Å². The second kappa shape index (κ2) is 10.4. The van der Waals surface area contributed by atoms with Crippen LogP contribution >= 0.6 is 0 Å². The molecule has 7 nitrogen and oxygen atoms in total. The van der Waals surface area contributed by atoms with Gasteiger partial charge in [-0.25, -0.2) is 4.79 Å². The molecule has 0 aliphatic heterocycles. The number of nitrogens with zero attached hydrogens (tertiary/aromatic N) is 2. The second-order valence-electron chi connectivity index (χ2n) is 4.92. The zero-order valence-electron chi connectivity index (χ0n) is 12.8. The SMILES string of the molecule is COCCN(CCOC)C(=O)N(CC(=O)O)CC(C)C. The number of urea groups is 1. The van der Waals surface area contributed by atoms with Crippen LogP contribution in [-0.2, 0) is 14.3 Å². The van der Waals surface area contributed by atoms with Crippen molar-refractivity contribution in [1.82, 2.24) is 9.80 Å². The molecule has 0 rings (SSSR count). The van der Waals surface area contributed by atoms with Crippen molar-refractivity contribution in [3.8, 4) is 0 Å². The maximum atomic E-state index is 12.4. The van der Waals surface area contributed by atoms with E-state index in [0.717, 1.165) is 0 Å². The highest BCUT2D eigenvalue weighted by Crippen LogP contribution is 2.04. The molecule has 0 aromatic carbocycles. The fraction of sp³-hybridized carbons (Fsp3) is 0.846. The number of amides is 2. The lowest BCUT2D eigenvalue weighted by molar-refractivity contribution is -0.137. The van der Waals surface area contributed by atoms with Crippen molar-refractivity contribution >= 4 is 12.0 Å². The maximum Gasteiger partial charge on any atom is 0.323 e. The summed E-state index contributed by atoms with van der Waals surface area (Å²) in [6.07, 6.45) is 0. The second-order valence-corrected chi connectivity index (χ2v) is 4.92. The summed E-state index contributed by atoms with van der Waals surface area (Å²) in [5.74, 6) is -0.817. The Bertz CT molecular complexity index is 288. The first-order chi connectivity index (χ1) is 9.42. The van der Waals surface area contributed by atoms with Gasteiger partial charge in [-0.2, -0.15) is 0 Å². The van der Waals surface area contributed by atoms with Crippen LogP contribution in [0.15, 0.2) is 0 Å². The number of carbonyl (C=O) groups is 2. The molecule has 0 fully saturated rings. The number of hydrogen-bond donors (Lipinski definition) is 1. The van der Waals surface area contributed by atoms with Gasteiger partial charge in [-0.05, 0) is 5.92 Å². The summed E-state index contributed by atoms with van der Waals surface area (Å²) in [4.78, 5) is 26.2. The molecular formula is C13H26N2O5. The minimum absolute atomic E-state index is 0.199. The first-order valence-electron chi connectivity index (χ1n) is 6.65. The van der Waals surface area contributed by atoms with Crippen molar-refractivity contribution < 1.29 is 24.2 Å². The van der Waals surface area contributed by atoms with Crippen LogP contribution in [0, 0.1) is 5.92 Å². The van der Waals surface area contributed by atoms with E-state index in [0.29, 0.717) is 32.8 Å². The molecule has 0 radical (unpaired) electrons. The third kappa shape index (κ3) is 7.96. The summed E-state index contributed by atoms with van der Waals surface area (Å²) < 4.78 is 9.95. The number of rotatable bonds is 10. The molecule has 0 unspecified atom stereocenters. The summed E-state index contributed by atoms with van der Waals surface area (Å²) in [5, 5.41) is 8.92. The van der Waals surface area contributed by atoms with E-state index in [9.17, 15) is 9.59 Å². The number of carboxylic acid groups (broad SMARTS) is 1. The average Bonchev–Trinajstić information content (AvgIpc) is 2.36. The predicted molar refractivity (Wildman–Crippen MR) is 74.8 cm³/mol. The van der Waals surface area contributed by atoms with E-state index in [1.165, 1.54) is 4.90 Å². The number of carbonyl (C=O) groups excluding carboxylic acids is 1. The number of methoxy groups -OCH3 is 2. The van der Waals surface area contributed by atoms with Gasteiger partial charge in [0.25, 0.3) is 0 Å². The molecule has 118 valence electrons. The summed E-state index contributed by atoms with van der Waals surface area (Å²) in [6, 6.07) is -0.296. The highest BCUT2D eigenvalue weighted by Gasteiger charge is 2.23. The van der Waals surface area contributed by atoms with Crippen LogP contribution in [0.3, 0.4) is 0 Å². The Morgan fingerprint density at radius 2 is 1.55 bits per heavy atom. The molecular weight excluding hydrogens is 264 g/mol. The smallest absolute Gasteiger partial charge is 0.323 e. The largest absolute Gasteiger partial charge is 0.480 e. The molecule has 0 aromatic rings. The minimum Gasteiger partial charge on any atom is -0.480 e. The predicted octanol–water partition coefficient (Wildman–Crippen LogP) is 0.744. The Balaban J connectivity index is 4.76. The normalized spacial score (nSPS) is 10.7. The van der Waals surface area contributed by atoms with Gasteiger partial charge in [-0.15, -0.1) is 0 Å². The lowest BCUT2D eigenvalue weighted by Crippen LogP contribution is -2.48. The van der Waals surface area contributed by atoms with E-state index in [1.54, 1.807) is 19.1 Å². The number of ether oxygens (including phenoxy) is 2. The van der Waals surface area contributed by atoms with Crippen LogP contribution in [0.1, 0.15) is 13.8 Å². The van der Waals surface area contributed by atoms with Crippen molar-refractivity contribution in [2.45, 2.75) is 13.8 Å². The van der Waals surface area contributed by atoms with Gasteiger partial charge in [-0.1, -0.05) is 13.8 Å². The van der Waals surface area contributed by atoms with Gasteiger partial charge in [0.1, 0.15) is 6.54 Å². The Morgan fingerprint density at radius 3 is 1.90 bits per heavy atom. The van der Waals surface area contributed by atoms with E-state index in [-0.39, 0.29) is 18.5 Å². The van der Waals surface area contributed by atoms with Crippen molar-refractivity contribution in [1.29, 1.82) is 0 Å². The molecule has 0 bridgehead atoms. The molecule has 0 aliphatic carbocycles. The summed E-state index contributed by atoms with van der Waals surface area (Å²) in [7, 11) is 3.12. The lowest BCUT2D eigenvalue weighted by Gasteiger charge is -2.30. The van der Waals surface area contributed by atoms with E-state index in [4.69, 9.17) is 14.6 Å². The highest BCUT2D eigenvalue weighted by atomic mass is 16.5. The highest BCUT2D eigenvalue weighted by molar-refractivity contribution is 5.80. The lowest BCUT2D eigenvalue weighted by atomic mass is 10.2. The third-order valence-corrected chi connectivity index (χ3v) is 2.58. The average molecular weight is 290 g/mol. The summed E-state index contributed by atoms with van der Waals surface area (Å²) in [6.45, 7) is 5.61. The number of aliphatic carboxylic acids is 1. The molecule has 0 saturated heterocycles. The van der Waals surface area contributed by atoms with Gasteiger partial charge in [0.2, 0.25) is 0 Å². The molecule has 7 heteroatoms. The zero-order valence-corrected chi connectivity index (χ0v) is 12.8. The Labute approximate surface area is 120 Å². The standard InChI is InChI=1S/C13H26N2O5/c1-11(2)9-15(10-12(16)17)13(18)14(5-7-19-3)6-8-20-4/h11H,5-10H2,1-4H3,(H,16,17). The van der Waals surface area contributed by atoms with Crippen molar-refractivity contribution in [3.63, 3.8) is 0 Å². The van der Waals surface area contributed by atoms with Gasteiger partial charge in [0, 0.05) is 33.9 Å². The Hall–Kier alpha value is -1.34. The monoisotopic (exact) mass is 290 g/mol. The van der Waals surface area contributed by atoms with E-state index in [1.807, 2.05) is 13.8 Å². The zero-order chi connectivity index (χ0) is 15.5. The molecule has 0 atom stereocenters. The van der Waals surface area contributed by atoms with Gasteiger partial charge in [0.05, 0.1) is 13.2 Å². The van der Waals surface area contributed by atoms with Crippen LogP contribution in [0.2, 0.25) is 0 Å². The fourth-order valence-electron chi connectivity index (χ4n) is 1.72. The molecule has 0 aliphatic rings. The van der Waals surface area contributed by atoms with Crippen molar-refractivity contribution in [3.05, 3.63) is 0 Å². The van der Waals surface area contributed by atoms with Crippen LogP contribution < -0.4 is 0 Å². The molecule has 0 heterocycles. The van der Waals surface area contributed by atoms with Crippen LogP contribution in [0.4, 0.5) is 4.79 Å². The molecule has 2 amide bonds. The van der Waals surface area contributed by atoms with Gasteiger partial charge >= 0.3 is 12.0 Å². The van der Waals surface area contributed by atoms with E-state index >= 15 is 0 Å². The quantitative estimate of drug-likeness (QED) is 0.642. The molecule has 0 aromatic heterocycles. The minimum atomic E-state index is -1.02. The van der Waals surface area contributed by atoms with Crippen LogP contribution in [0.5, 0.6) is 0 Å². The number of hydrogen-bond acceptors (Lipinski definition) is 4. The molecule has 20 heavy (non-hydrogen) atoms. The molecule has 1 N–H and O–H groups in total. The van der Waals surface area contributed by atoms with Gasteiger partial charge in [-0.3, -0.25) is 4.79 Å². The van der Waals surface area contributed by atoms with E-state index in [2.05, 4.69) is 0 Å². The first-order valence-corrected chi connectivity index (χ1v) is 6.65. The third-order valence-electron chi connectivity index (χ3n) is 2.58. The first kappa shape index (κ1) is 18.7. The Kier molecular flexibility index (Phi) is 9.75. The summed E-state index contributed by atoms with van der Waals surface area (Å²) >= 11 is 0. The van der Waals surface area contributed by atoms with Gasteiger partial charge < -0.3 is 24.4 Å². The van der Waals surface area contributed by atoms with Crippen LogP contribution in [-0.4, -0.2) is 80.5 Å². The van der Waals surface area contributed by atoms with Crippen LogP contribution in [0.25, 0.3) is 0 Å². The topological polar surface area (TPSA) is 79.3 Å². The van der Waals surface area contributed by atoms with Gasteiger partial charge in [0.15, 0.2) is 0 Å². The molecule has 0 saturated carbocycles. The fourth-order valence-corrected chi connectivity index (χ4v) is 1.72.